The first-order chi connectivity index (χ1) is 28.0. The van der Waals surface area contributed by atoms with Gasteiger partial charge in [-0.3, -0.25) is 0 Å². The summed E-state index contributed by atoms with van der Waals surface area (Å²) < 4.78 is 14.9. The zero-order valence-electron chi connectivity index (χ0n) is 34.1. The van der Waals surface area contributed by atoms with E-state index in [9.17, 15) is 5.26 Å². The van der Waals surface area contributed by atoms with Gasteiger partial charge in [-0.05, 0) is 131 Å². The molecule has 0 aliphatic heterocycles. The van der Waals surface area contributed by atoms with E-state index in [2.05, 4.69) is 148 Å². The molecule has 7 aromatic rings. The molecular formula is C53H56N2O2. The van der Waals surface area contributed by atoms with Crippen LogP contribution in [0.1, 0.15) is 84.6 Å². The first-order valence-electron chi connectivity index (χ1n) is 21.2. The van der Waals surface area contributed by atoms with Gasteiger partial charge in [-0.25, -0.2) is 0 Å². The van der Waals surface area contributed by atoms with Gasteiger partial charge in [0, 0.05) is 16.5 Å². The minimum absolute atomic E-state index is 0.599. The monoisotopic (exact) mass is 752 g/mol. The summed E-state index contributed by atoms with van der Waals surface area (Å²) in [5.41, 5.74) is 11.0. The molecule has 0 saturated heterocycles. The van der Waals surface area contributed by atoms with Gasteiger partial charge in [0.25, 0.3) is 0 Å². The summed E-state index contributed by atoms with van der Waals surface area (Å²) in [6.07, 6.45) is 9.70. The Labute approximate surface area is 339 Å². The first-order valence-corrected chi connectivity index (χ1v) is 21.2. The maximum absolute atomic E-state index is 9.27. The minimum Gasteiger partial charge on any atom is -0.493 e. The van der Waals surface area contributed by atoms with Gasteiger partial charge in [-0.15, -0.1) is 0 Å². The van der Waals surface area contributed by atoms with Crippen molar-refractivity contribution < 1.29 is 9.47 Å². The van der Waals surface area contributed by atoms with E-state index in [0.717, 1.165) is 65.4 Å². The molecule has 0 amide bonds. The lowest BCUT2D eigenvalue weighted by Crippen LogP contribution is -2.11. The van der Waals surface area contributed by atoms with Crippen molar-refractivity contribution >= 4 is 21.8 Å². The summed E-state index contributed by atoms with van der Waals surface area (Å²) in [4.78, 5) is 0. The lowest BCUT2D eigenvalue weighted by atomic mass is 10.00. The maximum Gasteiger partial charge on any atom is 0.119 e. The molecule has 4 heteroatoms. The molecule has 7 rings (SSSR count). The molecule has 0 N–H and O–H groups in total. The number of fused-ring (bicyclic) bond motifs is 3. The molecule has 57 heavy (non-hydrogen) atoms. The van der Waals surface area contributed by atoms with Crippen molar-refractivity contribution in [3.8, 4) is 56.6 Å². The molecule has 1 heterocycles. The SMILES string of the molecule is CCCCC(CC)COc1ccc(-c2ccc3c(c2)c2cc(-c4ccc(OCC(CC)CCCC)cc4)ccc2n3-c2ccc(-c3ccc(C#N)cc3)cc2)cc1. The van der Waals surface area contributed by atoms with E-state index in [1.165, 1.54) is 71.6 Å². The number of nitriles is 1. The predicted octanol–water partition coefficient (Wildman–Crippen LogP) is 14.8. The van der Waals surface area contributed by atoms with Crippen molar-refractivity contribution in [2.75, 3.05) is 13.2 Å². The summed E-state index contributed by atoms with van der Waals surface area (Å²) in [5.74, 6) is 3.06. The number of nitrogens with zero attached hydrogens (tertiary/aromatic N) is 2. The fourth-order valence-electron chi connectivity index (χ4n) is 7.91. The van der Waals surface area contributed by atoms with Gasteiger partial charge >= 0.3 is 0 Å². The van der Waals surface area contributed by atoms with Crippen LogP contribution in [-0.2, 0) is 0 Å². The van der Waals surface area contributed by atoms with Crippen molar-refractivity contribution in [1.29, 1.82) is 5.26 Å². The highest BCUT2D eigenvalue weighted by molar-refractivity contribution is 6.11. The molecule has 290 valence electrons. The average Bonchev–Trinajstić information content (AvgIpc) is 3.60. The smallest absolute Gasteiger partial charge is 0.119 e. The van der Waals surface area contributed by atoms with Crippen molar-refractivity contribution in [1.82, 2.24) is 4.57 Å². The molecule has 0 bridgehead atoms. The van der Waals surface area contributed by atoms with Gasteiger partial charge in [-0.1, -0.05) is 127 Å². The topological polar surface area (TPSA) is 47.2 Å². The lowest BCUT2D eigenvalue weighted by molar-refractivity contribution is 0.233. The Kier molecular flexibility index (Phi) is 13.1. The molecule has 0 fully saturated rings. The van der Waals surface area contributed by atoms with Crippen LogP contribution in [0, 0.1) is 23.2 Å². The van der Waals surface area contributed by atoms with Gasteiger partial charge in [0.1, 0.15) is 11.5 Å². The van der Waals surface area contributed by atoms with Gasteiger partial charge in [-0.2, -0.15) is 5.26 Å². The zero-order valence-corrected chi connectivity index (χ0v) is 34.1. The molecule has 4 nitrogen and oxygen atoms in total. The largest absolute Gasteiger partial charge is 0.493 e. The number of aromatic nitrogens is 1. The molecule has 0 spiro atoms. The number of benzene rings is 6. The Morgan fingerprint density at radius 3 is 1.28 bits per heavy atom. The molecule has 0 aliphatic carbocycles. The Morgan fingerprint density at radius 1 is 0.491 bits per heavy atom. The maximum atomic E-state index is 9.27. The van der Waals surface area contributed by atoms with E-state index >= 15 is 0 Å². The number of rotatable bonds is 18. The van der Waals surface area contributed by atoms with Gasteiger partial charge in [0.2, 0.25) is 0 Å². The molecule has 0 radical (unpaired) electrons. The summed E-state index contributed by atoms with van der Waals surface area (Å²) in [6, 6.07) is 49.6. The minimum atomic E-state index is 0.599. The molecule has 2 atom stereocenters. The fourth-order valence-corrected chi connectivity index (χ4v) is 7.91. The van der Waals surface area contributed by atoms with Gasteiger partial charge < -0.3 is 14.0 Å². The van der Waals surface area contributed by atoms with Crippen LogP contribution in [-0.4, -0.2) is 17.8 Å². The van der Waals surface area contributed by atoms with Crippen molar-refractivity contribution in [3.63, 3.8) is 0 Å². The highest BCUT2D eigenvalue weighted by atomic mass is 16.5. The van der Waals surface area contributed by atoms with Crippen LogP contribution in [0.4, 0.5) is 0 Å². The standard InChI is InChI=1S/C53H56N2O2/c1-5-9-11-38(7-3)36-56-48-27-19-43(20-28-48)45-23-31-52-50(33-45)51-34-46(44-21-29-49(30-22-44)57-37-39(8-4)12-10-6-2)24-32-53(51)55(52)47-25-17-42(18-26-47)41-15-13-40(35-54)14-16-41/h13-34,38-39H,5-12,36-37H2,1-4H3. The lowest BCUT2D eigenvalue weighted by Gasteiger charge is -2.15. The summed E-state index contributed by atoms with van der Waals surface area (Å²) >= 11 is 0. The fraction of sp³-hybridized carbons (Fsp3) is 0.302. The Morgan fingerprint density at radius 2 is 0.877 bits per heavy atom. The molecule has 0 aliphatic rings. The third-order valence-electron chi connectivity index (χ3n) is 11.7. The Hall–Kier alpha value is -5.79. The third-order valence-corrected chi connectivity index (χ3v) is 11.7. The van der Waals surface area contributed by atoms with Gasteiger partial charge in [0.05, 0.1) is 35.9 Å². The second-order valence-corrected chi connectivity index (χ2v) is 15.5. The van der Waals surface area contributed by atoms with E-state index in [1.54, 1.807) is 0 Å². The number of unbranched alkanes of at least 4 members (excludes halogenated alkanes) is 2. The van der Waals surface area contributed by atoms with Crippen molar-refractivity contribution in [3.05, 3.63) is 139 Å². The van der Waals surface area contributed by atoms with Crippen LogP contribution in [0.25, 0.3) is 60.9 Å². The van der Waals surface area contributed by atoms with Crippen LogP contribution in [0.3, 0.4) is 0 Å². The number of hydrogen-bond acceptors (Lipinski definition) is 3. The van der Waals surface area contributed by atoms with Crippen molar-refractivity contribution in [2.24, 2.45) is 11.8 Å². The molecule has 2 unspecified atom stereocenters. The predicted molar refractivity (Wildman–Crippen MR) is 239 cm³/mol. The molecule has 1 aromatic heterocycles. The number of hydrogen-bond donors (Lipinski definition) is 0. The van der Waals surface area contributed by atoms with Crippen LogP contribution in [0.15, 0.2) is 133 Å². The first kappa shape index (κ1) is 39.4. The van der Waals surface area contributed by atoms with Crippen LogP contribution in [0.2, 0.25) is 0 Å². The van der Waals surface area contributed by atoms with E-state index in [0.29, 0.717) is 17.4 Å². The molecule has 6 aromatic carbocycles. The second-order valence-electron chi connectivity index (χ2n) is 15.5. The van der Waals surface area contributed by atoms with E-state index in [4.69, 9.17) is 9.47 Å². The highest BCUT2D eigenvalue weighted by Gasteiger charge is 2.16. The summed E-state index contributed by atoms with van der Waals surface area (Å²) in [5, 5.41) is 11.7. The highest BCUT2D eigenvalue weighted by Crippen LogP contribution is 2.38. The quantitative estimate of drug-likeness (QED) is 0.0877. The van der Waals surface area contributed by atoms with Crippen LogP contribution < -0.4 is 9.47 Å². The Bertz CT molecular complexity index is 2280. The normalized spacial score (nSPS) is 12.4. The van der Waals surface area contributed by atoms with Crippen LogP contribution >= 0.6 is 0 Å². The third kappa shape index (κ3) is 9.27. The summed E-state index contributed by atoms with van der Waals surface area (Å²) in [6.45, 7) is 10.6. The van der Waals surface area contributed by atoms with Gasteiger partial charge in [0.15, 0.2) is 0 Å². The van der Waals surface area contributed by atoms with E-state index in [1.807, 2.05) is 24.3 Å². The molecular weight excluding hydrogens is 697 g/mol. The summed E-state index contributed by atoms with van der Waals surface area (Å²) in [7, 11) is 0. The van der Waals surface area contributed by atoms with Crippen molar-refractivity contribution in [2.45, 2.75) is 79.1 Å². The van der Waals surface area contributed by atoms with E-state index in [-0.39, 0.29) is 0 Å². The Balaban J connectivity index is 1.22. The second kappa shape index (κ2) is 18.9. The van der Waals surface area contributed by atoms with Crippen LogP contribution in [0.5, 0.6) is 11.5 Å². The van der Waals surface area contributed by atoms with E-state index < -0.39 is 0 Å². The average molecular weight is 753 g/mol. The molecule has 0 saturated carbocycles. The zero-order chi connectivity index (χ0) is 39.6. The number of ether oxygens (including phenoxy) is 2.